The van der Waals surface area contributed by atoms with E-state index in [0.717, 1.165) is 18.8 Å². The van der Waals surface area contributed by atoms with Crippen LogP contribution in [0.15, 0.2) is 18.5 Å². The lowest BCUT2D eigenvalue weighted by atomic mass is 10.2. The molecule has 3 rings (SSSR count). The first-order valence-electron chi connectivity index (χ1n) is 7.55. The minimum atomic E-state index is -0.339. The molecule has 1 aliphatic rings. The fraction of sp³-hybridized carbons (Fsp3) is 0.533. The first-order chi connectivity index (χ1) is 10.5. The standard InChI is InChI=1S/C15H21N5O2/c1-11-3-4-20-14(17-11)13(9-16-20)15(22)19-7-5-18(6-8-19)10-12(2)21/h3-4,9,12,21H,5-8,10H2,1-2H3/t12-/m0/s1. The summed E-state index contributed by atoms with van der Waals surface area (Å²) in [6.45, 7) is 7.22. The highest BCUT2D eigenvalue weighted by Crippen LogP contribution is 2.13. The molecule has 0 spiro atoms. The topological polar surface area (TPSA) is 74.0 Å². The van der Waals surface area contributed by atoms with Crippen LogP contribution < -0.4 is 0 Å². The molecule has 22 heavy (non-hydrogen) atoms. The van der Waals surface area contributed by atoms with Gasteiger partial charge < -0.3 is 10.0 Å². The summed E-state index contributed by atoms with van der Waals surface area (Å²) in [6, 6.07) is 1.86. The predicted molar refractivity (Wildman–Crippen MR) is 81.7 cm³/mol. The number of amides is 1. The van der Waals surface area contributed by atoms with Gasteiger partial charge in [0.2, 0.25) is 0 Å². The highest BCUT2D eigenvalue weighted by molar-refractivity contribution is 5.99. The minimum absolute atomic E-state index is 0.0233. The Kier molecular flexibility index (Phi) is 4.08. The number of fused-ring (bicyclic) bond motifs is 1. The van der Waals surface area contributed by atoms with Crippen molar-refractivity contribution >= 4 is 11.6 Å². The van der Waals surface area contributed by atoms with Gasteiger partial charge in [0.1, 0.15) is 5.56 Å². The van der Waals surface area contributed by atoms with Gasteiger partial charge in [-0.3, -0.25) is 9.69 Å². The van der Waals surface area contributed by atoms with Crippen molar-refractivity contribution in [2.45, 2.75) is 20.0 Å². The Morgan fingerprint density at radius 1 is 1.36 bits per heavy atom. The average molecular weight is 303 g/mol. The molecule has 1 amide bonds. The fourth-order valence-electron chi connectivity index (χ4n) is 2.79. The van der Waals surface area contributed by atoms with Gasteiger partial charge in [-0.2, -0.15) is 5.10 Å². The second-order valence-corrected chi connectivity index (χ2v) is 5.84. The maximum absolute atomic E-state index is 12.7. The van der Waals surface area contributed by atoms with E-state index in [1.165, 1.54) is 0 Å². The molecule has 0 radical (unpaired) electrons. The van der Waals surface area contributed by atoms with Crippen molar-refractivity contribution in [3.63, 3.8) is 0 Å². The summed E-state index contributed by atoms with van der Waals surface area (Å²) >= 11 is 0. The summed E-state index contributed by atoms with van der Waals surface area (Å²) < 4.78 is 1.63. The van der Waals surface area contributed by atoms with Gasteiger partial charge in [-0.25, -0.2) is 9.50 Å². The number of nitrogens with zero attached hydrogens (tertiary/aromatic N) is 5. The smallest absolute Gasteiger partial charge is 0.259 e. The Morgan fingerprint density at radius 2 is 2.09 bits per heavy atom. The van der Waals surface area contributed by atoms with Crippen molar-refractivity contribution in [2.75, 3.05) is 32.7 Å². The number of aliphatic hydroxyl groups excluding tert-OH is 1. The zero-order valence-electron chi connectivity index (χ0n) is 12.9. The van der Waals surface area contributed by atoms with Crippen LogP contribution in [-0.4, -0.2) is 74.2 Å². The quantitative estimate of drug-likeness (QED) is 0.875. The molecule has 1 fully saturated rings. The zero-order valence-corrected chi connectivity index (χ0v) is 12.9. The SMILES string of the molecule is Cc1ccn2ncc(C(=O)N3CCN(C[C@H](C)O)CC3)c2n1. The Hall–Kier alpha value is -1.99. The lowest BCUT2D eigenvalue weighted by Crippen LogP contribution is -2.50. The molecule has 0 bridgehead atoms. The summed E-state index contributed by atoms with van der Waals surface area (Å²) in [5.74, 6) is -0.0233. The molecule has 7 heteroatoms. The van der Waals surface area contributed by atoms with Gasteiger partial charge in [-0.05, 0) is 19.9 Å². The Morgan fingerprint density at radius 3 is 2.77 bits per heavy atom. The Bertz CT molecular complexity index is 674. The molecule has 7 nitrogen and oxygen atoms in total. The van der Waals surface area contributed by atoms with Gasteiger partial charge in [0.05, 0.1) is 12.3 Å². The summed E-state index contributed by atoms with van der Waals surface area (Å²) in [6.07, 6.45) is 3.07. The third kappa shape index (κ3) is 2.95. The van der Waals surface area contributed by atoms with Crippen LogP contribution in [0.3, 0.4) is 0 Å². The predicted octanol–water partition coefficient (Wildman–Crippen LogP) is 0.176. The van der Waals surface area contributed by atoms with E-state index in [4.69, 9.17) is 0 Å². The van der Waals surface area contributed by atoms with Crippen LogP contribution in [0.1, 0.15) is 23.0 Å². The molecule has 2 aromatic heterocycles. The molecular weight excluding hydrogens is 282 g/mol. The van der Waals surface area contributed by atoms with Crippen LogP contribution in [-0.2, 0) is 0 Å². The first kappa shape index (κ1) is 14.9. The first-order valence-corrected chi connectivity index (χ1v) is 7.55. The number of aryl methyl sites for hydroxylation is 1. The van der Waals surface area contributed by atoms with Crippen LogP contribution >= 0.6 is 0 Å². The summed E-state index contributed by atoms with van der Waals surface area (Å²) in [4.78, 5) is 21.1. The lowest BCUT2D eigenvalue weighted by molar-refractivity contribution is 0.0555. The van der Waals surface area contributed by atoms with E-state index in [2.05, 4.69) is 15.0 Å². The van der Waals surface area contributed by atoms with Crippen molar-refractivity contribution in [3.05, 3.63) is 29.7 Å². The minimum Gasteiger partial charge on any atom is -0.392 e. The molecule has 0 aliphatic carbocycles. The molecular formula is C15H21N5O2. The maximum Gasteiger partial charge on any atom is 0.259 e. The van der Waals surface area contributed by atoms with Gasteiger partial charge in [0.25, 0.3) is 5.91 Å². The van der Waals surface area contributed by atoms with Gasteiger partial charge >= 0.3 is 0 Å². The van der Waals surface area contributed by atoms with E-state index < -0.39 is 0 Å². The van der Waals surface area contributed by atoms with Crippen molar-refractivity contribution < 1.29 is 9.90 Å². The number of aromatic nitrogens is 3. The molecule has 1 aliphatic heterocycles. The van der Waals surface area contributed by atoms with E-state index in [-0.39, 0.29) is 12.0 Å². The second-order valence-electron chi connectivity index (χ2n) is 5.84. The molecule has 118 valence electrons. The maximum atomic E-state index is 12.7. The molecule has 2 aromatic rings. The van der Waals surface area contributed by atoms with E-state index in [1.807, 2.05) is 24.1 Å². The van der Waals surface area contributed by atoms with Gasteiger partial charge in [0.15, 0.2) is 5.65 Å². The van der Waals surface area contributed by atoms with Gasteiger partial charge in [0, 0.05) is 44.6 Å². The average Bonchev–Trinajstić information content (AvgIpc) is 2.89. The van der Waals surface area contributed by atoms with Crippen molar-refractivity contribution in [1.29, 1.82) is 0 Å². The number of hydrogen-bond donors (Lipinski definition) is 1. The fourth-order valence-corrected chi connectivity index (χ4v) is 2.79. The number of carbonyl (C=O) groups is 1. The van der Waals surface area contributed by atoms with E-state index in [9.17, 15) is 9.90 Å². The van der Waals surface area contributed by atoms with Crippen LogP contribution in [0.25, 0.3) is 5.65 Å². The Balaban J connectivity index is 1.73. The zero-order chi connectivity index (χ0) is 15.7. The number of hydrogen-bond acceptors (Lipinski definition) is 5. The largest absolute Gasteiger partial charge is 0.392 e. The molecule has 1 atom stereocenters. The highest BCUT2D eigenvalue weighted by atomic mass is 16.3. The molecule has 1 N–H and O–H groups in total. The third-order valence-corrected chi connectivity index (χ3v) is 3.92. The van der Waals surface area contributed by atoms with Crippen LogP contribution in [0.2, 0.25) is 0 Å². The molecule has 0 aromatic carbocycles. The van der Waals surface area contributed by atoms with Crippen molar-refractivity contribution in [3.8, 4) is 0 Å². The molecule has 3 heterocycles. The van der Waals surface area contributed by atoms with Crippen molar-refractivity contribution in [2.24, 2.45) is 0 Å². The number of aliphatic hydroxyl groups is 1. The lowest BCUT2D eigenvalue weighted by Gasteiger charge is -2.35. The number of rotatable bonds is 3. The summed E-state index contributed by atoms with van der Waals surface area (Å²) in [7, 11) is 0. The Labute approximate surface area is 129 Å². The van der Waals surface area contributed by atoms with E-state index >= 15 is 0 Å². The van der Waals surface area contributed by atoms with Gasteiger partial charge in [-0.15, -0.1) is 0 Å². The van der Waals surface area contributed by atoms with E-state index in [0.29, 0.717) is 30.8 Å². The number of β-amino-alcohol motifs (C(OH)–C–C–N with tert-alkyl or cyclic N) is 1. The van der Waals surface area contributed by atoms with Gasteiger partial charge in [-0.1, -0.05) is 0 Å². The third-order valence-electron chi connectivity index (χ3n) is 3.92. The van der Waals surface area contributed by atoms with Crippen LogP contribution in [0.5, 0.6) is 0 Å². The van der Waals surface area contributed by atoms with Crippen LogP contribution in [0.4, 0.5) is 0 Å². The normalized spacial score (nSPS) is 17.9. The number of carbonyl (C=O) groups excluding carboxylic acids is 1. The monoisotopic (exact) mass is 303 g/mol. The highest BCUT2D eigenvalue weighted by Gasteiger charge is 2.25. The van der Waals surface area contributed by atoms with Crippen molar-refractivity contribution in [1.82, 2.24) is 24.4 Å². The molecule has 1 saturated heterocycles. The van der Waals surface area contributed by atoms with E-state index in [1.54, 1.807) is 17.6 Å². The summed E-state index contributed by atoms with van der Waals surface area (Å²) in [5, 5.41) is 13.6. The molecule has 0 saturated carbocycles. The second kappa shape index (κ2) is 6.02. The number of piperazine rings is 1. The van der Waals surface area contributed by atoms with Crippen LogP contribution in [0, 0.1) is 6.92 Å². The molecule has 0 unspecified atom stereocenters. The summed E-state index contributed by atoms with van der Waals surface area (Å²) in [5.41, 5.74) is 2.02.